The van der Waals surface area contributed by atoms with Crippen LogP contribution in [0.1, 0.15) is 20.7 Å². The van der Waals surface area contributed by atoms with Crippen molar-refractivity contribution in [2.75, 3.05) is 6.61 Å². The number of benzene rings is 2. The minimum atomic E-state index is -0.688. The number of carbonyl (C=O) groups excluding carboxylic acids is 3. The second-order valence-corrected chi connectivity index (χ2v) is 4.64. The summed E-state index contributed by atoms with van der Waals surface area (Å²) in [5.74, 6) is -1.70. The van der Waals surface area contributed by atoms with Gasteiger partial charge in [0.1, 0.15) is 5.75 Å². The van der Waals surface area contributed by atoms with Gasteiger partial charge < -0.3 is 21.0 Å². The van der Waals surface area contributed by atoms with Crippen molar-refractivity contribution in [2.45, 2.75) is 0 Å². The maximum atomic E-state index is 11.8. The van der Waals surface area contributed by atoms with Crippen LogP contribution in [-0.2, 0) is 4.79 Å². The van der Waals surface area contributed by atoms with Crippen LogP contribution in [0, 0.1) is 0 Å². The minimum Gasteiger partial charge on any atom is -0.483 e. The number of hydroxylamine groups is 1. The highest BCUT2D eigenvalue weighted by Crippen LogP contribution is 2.17. The number of para-hydroxylation sites is 2. The van der Waals surface area contributed by atoms with Crippen LogP contribution in [0.2, 0.25) is 0 Å². The molecule has 5 N–H and O–H groups in total. The second kappa shape index (κ2) is 7.63. The van der Waals surface area contributed by atoms with E-state index in [-0.39, 0.29) is 22.6 Å². The third-order valence-electron chi connectivity index (χ3n) is 2.94. The lowest BCUT2D eigenvalue weighted by Gasteiger charge is -2.11. The number of amides is 3. The van der Waals surface area contributed by atoms with Crippen molar-refractivity contribution >= 4 is 17.7 Å². The van der Waals surface area contributed by atoms with Crippen molar-refractivity contribution in [3.63, 3.8) is 0 Å². The monoisotopic (exact) mass is 329 g/mol. The lowest BCUT2D eigenvalue weighted by Crippen LogP contribution is -2.32. The second-order valence-electron chi connectivity index (χ2n) is 4.64. The first kappa shape index (κ1) is 16.8. The highest BCUT2D eigenvalue weighted by Gasteiger charge is 2.12. The molecule has 0 saturated heterocycles. The van der Waals surface area contributed by atoms with E-state index in [1.54, 1.807) is 24.3 Å². The van der Waals surface area contributed by atoms with E-state index in [9.17, 15) is 14.4 Å². The number of primary amides is 2. The average molecular weight is 329 g/mol. The zero-order valence-corrected chi connectivity index (χ0v) is 12.5. The molecule has 0 aliphatic rings. The molecule has 24 heavy (non-hydrogen) atoms. The van der Waals surface area contributed by atoms with Gasteiger partial charge in [0.15, 0.2) is 12.4 Å². The van der Waals surface area contributed by atoms with Crippen LogP contribution < -0.4 is 26.5 Å². The molecule has 0 unspecified atom stereocenters. The Kier molecular flexibility index (Phi) is 5.35. The molecular formula is C16H15N3O5. The highest BCUT2D eigenvalue weighted by molar-refractivity contribution is 5.96. The molecule has 0 atom stereocenters. The lowest BCUT2D eigenvalue weighted by atomic mass is 10.2. The summed E-state index contributed by atoms with van der Waals surface area (Å²) >= 11 is 0. The minimum absolute atomic E-state index is 0.107. The Morgan fingerprint density at radius 2 is 1.33 bits per heavy atom. The molecule has 0 heterocycles. The zero-order valence-electron chi connectivity index (χ0n) is 12.5. The lowest BCUT2D eigenvalue weighted by molar-refractivity contribution is -0.129. The van der Waals surface area contributed by atoms with Gasteiger partial charge in [-0.2, -0.15) is 5.48 Å². The van der Waals surface area contributed by atoms with Gasteiger partial charge in [0.25, 0.3) is 17.7 Å². The molecule has 8 nitrogen and oxygen atoms in total. The number of nitrogens with one attached hydrogen (secondary N) is 1. The normalized spacial score (nSPS) is 9.83. The Morgan fingerprint density at radius 3 is 1.92 bits per heavy atom. The van der Waals surface area contributed by atoms with Gasteiger partial charge in [-0.25, -0.2) is 0 Å². The van der Waals surface area contributed by atoms with E-state index in [1.165, 1.54) is 24.3 Å². The van der Waals surface area contributed by atoms with E-state index in [0.717, 1.165) is 0 Å². The third kappa shape index (κ3) is 4.23. The molecule has 8 heteroatoms. The van der Waals surface area contributed by atoms with Gasteiger partial charge in [-0.15, -0.1) is 0 Å². The van der Waals surface area contributed by atoms with Crippen LogP contribution >= 0.6 is 0 Å². The van der Waals surface area contributed by atoms with Crippen molar-refractivity contribution in [1.29, 1.82) is 0 Å². The van der Waals surface area contributed by atoms with E-state index in [1.807, 2.05) is 0 Å². The Balaban J connectivity index is 1.93. The van der Waals surface area contributed by atoms with Gasteiger partial charge in [0, 0.05) is 0 Å². The molecule has 0 fully saturated rings. The molecule has 2 aromatic carbocycles. The van der Waals surface area contributed by atoms with Crippen LogP contribution in [0.15, 0.2) is 48.5 Å². The summed E-state index contributed by atoms with van der Waals surface area (Å²) < 4.78 is 5.24. The van der Waals surface area contributed by atoms with E-state index in [4.69, 9.17) is 21.0 Å². The molecule has 0 aromatic heterocycles. The van der Waals surface area contributed by atoms with Crippen LogP contribution in [0.25, 0.3) is 0 Å². The van der Waals surface area contributed by atoms with Crippen LogP contribution in [0.5, 0.6) is 11.5 Å². The highest BCUT2D eigenvalue weighted by atomic mass is 16.7. The van der Waals surface area contributed by atoms with Gasteiger partial charge in [0.05, 0.1) is 11.1 Å². The maximum Gasteiger partial charge on any atom is 0.290 e. The number of carbonyl (C=O) groups is 3. The van der Waals surface area contributed by atoms with E-state index < -0.39 is 24.3 Å². The van der Waals surface area contributed by atoms with Crippen LogP contribution in [0.3, 0.4) is 0 Å². The zero-order chi connectivity index (χ0) is 17.5. The van der Waals surface area contributed by atoms with E-state index in [0.29, 0.717) is 0 Å². The molecule has 0 radical (unpaired) electrons. The third-order valence-corrected chi connectivity index (χ3v) is 2.94. The SMILES string of the molecule is NC(=O)c1ccccc1OCC(=O)NOc1ccccc1C(N)=O. The summed E-state index contributed by atoms with van der Waals surface area (Å²) in [6, 6.07) is 12.4. The van der Waals surface area contributed by atoms with Crippen molar-refractivity contribution in [3.05, 3.63) is 59.7 Å². The molecule has 124 valence electrons. The quantitative estimate of drug-likeness (QED) is 0.631. The maximum absolute atomic E-state index is 11.8. The van der Waals surface area contributed by atoms with Gasteiger partial charge in [-0.05, 0) is 24.3 Å². The summed E-state index contributed by atoms with van der Waals surface area (Å²) in [6.45, 7) is -0.414. The average Bonchev–Trinajstić information content (AvgIpc) is 2.58. The summed E-state index contributed by atoms with van der Waals surface area (Å²) in [5, 5.41) is 0. The van der Waals surface area contributed by atoms with Crippen LogP contribution in [0.4, 0.5) is 0 Å². The summed E-state index contributed by atoms with van der Waals surface area (Å²) in [5.41, 5.74) is 12.8. The fourth-order valence-corrected chi connectivity index (χ4v) is 1.84. The van der Waals surface area contributed by atoms with Crippen molar-refractivity contribution in [1.82, 2.24) is 5.48 Å². The predicted molar refractivity (Wildman–Crippen MR) is 84.2 cm³/mol. The molecule has 0 saturated carbocycles. The molecule has 2 rings (SSSR count). The van der Waals surface area contributed by atoms with Gasteiger partial charge in [-0.3, -0.25) is 14.4 Å². The standard InChI is InChI=1S/C16H15N3O5/c17-15(21)10-5-1-3-7-12(10)23-9-14(20)19-24-13-8-4-2-6-11(13)16(18)22/h1-8H,9H2,(H2,17,21)(H2,18,22)(H,19,20). The van der Waals surface area contributed by atoms with Crippen molar-refractivity contribution in [3.8, 4) is 11.5 Å². The number of rotatable bonds is 7. The number of nitrogens with two attached hydrogens (primary N) is 2. The molecule has 3 amide bonds. The number of ether oxygens (including phenoxy) is 1. The van der Waals surface area contributed by atoms with Crippen molar-refractivity contribution in [2.24, 2.45) is 11.5 Å². The Bertz CT molecular complexity index is 712. The first-order valence-corrected chi connectivity index (χ1v) is 6.85. The first-order valence-electron chi connectivity index (χ1n) is 6.85. The first-order chi connectivity index (χ1) is 11.5. The smallest absolute Gasteiger partial charge is 0.290 e. The fourth-order valence-electron chi connectivity index (χ4n) is 1.84. The Labute approximate surface area is 137 Å². The Hall–Kier alpha value is -3.55. The topological polar surface area (TPSA) is 134 Å². The largest absolute Gasteiger partial charge is 0.483 e. The van der Waals surface area contributed by atoms with Crippen molar-refractivity contribution < 1.29 is 24.0 Å². The molecule has 2 aromatic rings. The number of hydrogen-bond donors (Lipinski definition) is 3. The van der Waals surface area contributed by atoms with E-state index in [2.05, 4.69) is 5.48 Å². The Morgan fingerprint density at radius 1 is 0.833 bits per heavy atom. The van der Waals surface area contributed by atoms with E-state index >= 15 is 0 Å². The number of hydrogen-bond acceptors (Lipinski definition) is 5. The van der Waals surface area contributed by atoms with Gasteiger partial charge in [-0.1, -0.05) is 24.3 Å². The van der Waals surface area contributed by atoms with Crippen LogP contribution in [-0.4, -0.2) is 24.3 Å². The molecule has 0 aliphatic carbocycles. The van der Waals surface area contributed by atoms with Gasteiger partial charge >= 0.3 is 0 Å². The molecule has 0 aliphatic heterocycles. The predicted octanol–water partition coefficient (Wildman–Crippen LogP) is 0.373. The summed E-state index contributed by atoms with van der Waals surface area (Å²) in [4.78, 5) is 39.3. The summed E-state index contributed by atoms with van der Waals surface area (Å²) in [7, 11) is 0. The van der Waals surface area contributed by atoms with Gasteiger partial charge in [0.2, 0.25) is 0 Å². The fraction of sp³-hybridized carbons (Fsp3) is 0.0625. The summed E-state index contributed by atoms with van der Waals surface area (Å²) in [6.07, 6.45) is 0. The molecule has 0 spiro atoms. The molecule has 0 bridgehead atoms. The molecular weight excluding hydrogens is 314 g/mol.